The molecule has 4 heteroatoms. The first-order valence-corrected chi connectivity index (χ1v) is 11.8. The highest BCUT2D eigenvalue weighted by Crippen LogP contribution is 2.32. The van der Waals surface area contributed by atoms with E-state index in [0.717, 1.165) is 72.5 Å². The first-order valence-electron chi connectivity index (χ1n) is 11.8. The van der Waals surface area contributed by atoms with E-state index in [4.69, 9.17) is 4.98 Å². The molecule has 0 radical (unpaired) electrons. The molecule has 1 aliphatic heterocycles. The number of nitrogens with zero attached hydrogens (tertiary/aromatic N) is 2. The van der Waals surface area contributed by atoms with E-state index in [-0.39, 0.29) is 0 Å². The van der Waals surface area contributed by atoms with Crippen molar-refractivity contribution in [2.45, 2.75) is 46.0 Å². The molecule has 1 saturated heterocycles. The number of hydrogen-bond donors (Lipinski definition) is 1. The van der Waals surface area contributed by atoms with E-state index in [9.17, 15) is 4.79 Å². The van der Waals surface area contributed by atoms with Crippen molar-refractivity contribution in [1.29, 1.82) is 0 Å². The monoisotopic (exact) mass is 425 g/mol. The van der Waals surface area contributed by atoms with Crippen molar-refractivity contribution in [3.8, 4) is 11.4 Å². The summed E-state index contributed by atoms with van der Waals surface area (Å²) >= 11 is 0. The lowest BCUT2D eigenvalue weighted by atomic mass is 9.98. The average Bonchev–Trinajstić information content (AvgIpc) is 3.17. The van der Waals surface area contributed by atoms with Crippen molar-refractivity contribution in [2.75, 3.05) is 13.1 Å². The number of carbonyl (C=O) groups is 1. The standard InChI is InChI=1S/C28H31N3O/c1-19-14-16-31(17-15-19)27(32)9-5-7-22-23-18-20(2)10-12-25(23)30-28(22)26-13-11-21-6-3-4-8-24(21)29-26/h3-4,6,8,10-13,18-19,30H,5,7,9,14-17H2,1-2H3. The highest BCUT2D eigenvalue weighted by atomic mass is 16.2. The van der Waals surface area contributed by atoms with Gasteiger partial charge in [-0.3, -0.25) is 4.79 Å². The lowest BCUT2D eigenvalue weighted by Gasteiger charge is -2.30. The summed E-state index contributed by atoms with van der Waals surface area (Å²) in [6.45, 7) is 6.24. The molecule has 1 amide bonds. The van der Waals surface area contributed by atoms with Crippen LogP contribution in [0.1, 0.15) is 43.7 Å². The Labute approximate surface area is 189 Å². The Bertz CT molecular complexity index is 1260. The molecule has 4 aromatic rings. The number of para-hydroxylation sites is 1. The third-order valence-corrected chi connectivity index (χ3v) is 6.87. The minimum atomic E-state index is 0.304. The summed E-state index contributed by atoms with van der Waals surface area (Å²) in [5, 5.41) is 2.39. The fraction of sp³-hybridized carbons (Fsp3) is 0.357. The second-order valence-corrected chi connectivity index (χ2v) is 9.33. The predicted molar refractivity (Wildman–Crippen MR) is 132 cm³/mol. The first kappa shape index (κ1) is 20.7. The highest BCUT2D eigenvalue weighted by molar-refractivity contribution is 5.92. The second kappa shape index (κ2) is 8.78. The molecule has 1 fully saturated rings. The number of hydrogen-bond acceptors (Lipinski definition) is 2. The van der Waals surface area contributed by atoms with Crippen molar-refractivity contribution < 1.29 is 4.79 Å². The SMILES string of the molecule is Cc1ccc2[nH]c(-c3ccc4ccccc4n3)c(CCCC(=O)N3CCC(C)CC3)c2c1. The Morgan fingerprint density at radius 1 is 1.09 bits per heavy atom. The van der Waals surface area contributed by atoms with Crippen LogP contribution < -0.4 is 0 Å². The number of nitrogens with one attached hydrogen (secondary N) is 1. The largest absolute Gasteiger partial charge is 0.353 e. The minimum Gasteiger partial charge on any atom is -0.353 e. The molecule has 5 rings (SSSR count). The van der Waals surface area contributed by atoms with E-state index < -0.39 is 0 Å². The van der Waals surface area contributed by atoms with Crippen LogP contribution in [0, 0.1) is 12.8 Å². The number of likely N-dealkylation sites (tertiary alicyclic amines) is 1. The quantitative estimate of drug-likeness (QED) is 0.409. The Morgan fingerprint density at radius 3 is 2.75 bits per heavy atom. The van der Waals surface area contributed by atoms with Crippen LogP contribution in [0.3, 0.4) is 0 Å². The van der Waals surface area contributed by atoms with E-state index in [1.807, 2.05) is 12.1 Å². The van der Waals surface area contributed by atoms with Crippen LogP contribution in [0.2, 0.25) is 0 Å². The fourth-order valence-corrected chi connectivity index (χ4v) is 4.88. The summed E-state index contributed by atoms with van der Waals surface area (Å²) in [7, 11) is 0. The zero-order valence-corrected chi connectivity index (χ0v) is 19.0. The third-order valence-electron chi connectivity index (χ3n) is 6.87. The highest BCUT2D eigenvalue weighted by Gasteiger charge is 2.21. The van der Waals surface area contributed by atoms with Crippen LogP contribution in [-0.4, -0.2) is 33.9 Å². The number of pyridine rings is 1. The number of rotatable bonds is 5. The second-order valence-electron chi connectivity index (χ2n) is 9.33. The van der Waals surface area contributed by atoms with Crippen molar-refractivity contribution in [2.24, 2.45) is 5.92 Å². The van der Waals surface area contributed by atoms with E-state index in [2.05, 4.69) is 66.2 Å². The van der Waals surface area contributed by atoms with Crippen LogP contribution in [-0.2, 0) is 11.2 Å². The average molecular weight is 426 g/mol. The van der Waals surface area contributed by atoms with Crippen molar-refractivity contribution in [1.82, 2.24) is 14.9 Å². The Balaban J connectivity index is 1.42. The lowest BCUT2D eigenvalue weighted by molar-refractivity contribution is -0.132. The van der Waals surface area contributed by atoms with Crippen LogP contribution in [0.25, 0.3) is 33.2 Å². The topological polar surface area (TPSA) is 49.0 Å². The summed E-state index contributed by atoms with van der Waals surface area (Å²) in [5.74, 6) is 1.05. The number of aryl methyl sites for hydroxylation is 2. The summed E-state index contributed by atoms with van der Waals surface area (Å²) in [5.41, 5.74) is 6.69. The summed E-state index contributed by atoms with van der Waals surface area (Å²) in [4.78, 5) is 23.4. The first-order chi connectivity index (χ1) is 15.6. The predicted octanol–water partition coefficient (Wildman–Crippen LogP) is 6.27. The van der Waals surface area contributed by atoms with Crippen molar-refractivity contribution >= 4 is 27.7 Å². The molecule has 1 aliphatic rings. The molecule has 0 bridgehead atoms. The molecular weight excluding hydrogens is 394 g/mol. The third kappa shape index (κ3) is 4.14. The van der Waals surface area contributed by atoms with Gasteiger partial charge in [-0.05, 0) is 68.4 Å². The summed E-state index contributed by atoms with van der Waals surface area (Å²) in [6, 6.07) is 19.0. The summed E-state index contributed by atoms with van der Waals surface area (Å²) in [6.07, 6.45) is 4.59. The Kier molecular flexibility index (Phi) is 5.69. The van der Waals surface area contributed by atoms with Gasteiger partial charge in [-0.15, -0.1) is 0 Å². The van der Waals surface area contributed by atoms with Crippen molar-refractivity contribution in [3.05, 3.63) is 65.7 Å². The van der Waals surface area contributed by atoms with Gasteiger partial charge in [-0.25, -0.2) is 4.98 Å². The van der Waals surface area contributed by atoms with Crippen LogP contribution >= 0.6 is 0 Å². The number of piperidine rings is 1. The van der Waals surface area contributed by atoms with Gasteiger partial charge in [-0.1, -0.05) is 42.8 Å². The molecule has 0 saturated carbocycles. The number of fused-ring (bicyclic) bond motifs is 2. The molecule has 0 spiro atoms. The van der Waals surface area contributed by atoms with Gasteiger partial charge in [0, 0.05) is 35.8 Å². The van der Waals surface area contributed by atoms with Gasteiger partial charge < -0.3 is 9.88 Å². The normalized spacial score (nSPS) is 15.0. The molecular formula is C28H31N3O. The Morgan fingerprint density at radius 2 is 1.91 bits per heavy atom. The van der Waals surface area contributed by atoms with E-state index in [0.29, 0.717) is 12.3 Å². The molecule has 0 atom stereocenters. The van der Waals surface area contributed by atoms with Gasteiger partial charge in [-0.2, -0.15) is 0 Å². The molecule has 1 N–H and O–H groups in total. The zero-order valence-electron chi connectivity index (χ0n) is 19.0. The van der Waals surface area contributed by atoms with Gasteiger partial charge in [0.25, 0.3) is 0 Å². The maximum Gasteiger partial charge on any atom is 0.222 e. The molecule has 3 heterocycles. The molecule has 0 aliphatic carbocycles. The smallest absolute Gasteiger partial charge is 0.222 e. The van der Waals surface area contributed by atoms with E-state index in [1.54, 1.807) is 0 Å². The molecule has 32 heavy (non-hydrogen) atoms. The van der Waals surface area contributed by atoms with Crippen LogP contribution in [0.4, 0.5) is 0 Å². The number of aromatic amines is 1. The number of amides is 1. The minimum absolute atomic E-state index is 0.304. The molecule has 2 aromatic heterocycles. The van der Waals surface area contributed by atoms with E-state index in [1.165, 1.54) is 16.5 Å². The molecule has 4 nitrogen and oxygen atoms in total. The van der Waals surface area contributed by atoms with Crippen LogP contribution in [0.15, 0.2) is 54.6 Å². The Hall–Kier alpha value is -3.14. The van der Waals surface area contributed by atoms with Gasteiger partial charge in [0.15, 0.2) is 0 Å². The van der Waals surface area contributed by atoms with Gasteiger partial charge in [0.05, 0.1) is 16.9 Å². The van der Waals surface area contributed by atoms with Crippen molar-refractivity contribution in [3.63, 3.8) is 0 Å². The van der Waals surface area contributed by atoms with Gasteiger partial charge >= 0.3 is 0 Å². The summed E-state index contributed by atoms with van der Waals surface area (Å²) < 4.78 is 0. The maximum atomic E-state index is 12.8. The number of carbonyl (C=O) groups excluding carboxylic acids is 1. The van der Waals surface area contributed by atoms with Crippen LogP contribution in [0.5, 0.6) is 0 Å². The zero-order chi connectivity index (χ0) is 22.1. The number of aromatic nitrogens is 2. The lowest BCUT2D eigenvalue weighted by Crippen LogP contribution is -2.37. The van der Waals surface area contributed by atoms with E-state index >= 15 is 0 Å². The van der Waals surface area contributed by atoms with Gasteiger partial charge in [0.2, 0.25) is 5.91 Å². The fourth-order valence-electron chi connectivity index (χ4n) is 4.88. The number of benzene rings is 2. The molecule has 164 valence electrons. The van der Waals surface area contributed by atoms with Gasteiger partial charge in [0.1, 0.15) is 0 Å². The number of H-pyrrole nitrogens is 1. The molecule has 0 unspecified atom stereocenters. The molecule has 2 aromatic carbocycles. The maximum absolute atomic E-state index is 12.8.